The number of thiophene rings is 1. The Labute approximate surface area is 182 Å². The van der Waals surface area contributed by atoms with Gasteiger partial charge in [-0.2, -0.15) is 0 Å². The molecular formula is C22H20N4O2S2. The Morgan fingerprint density at radius 2 is 1.80 bits per heavy atom. The summed E-state index contributed by atoms with van der Waals surface area (Å²) in [6.45, 7) is 0.761. The number of benzene rings is 2. The third kappa shape index (κ3) is 4.95. The lowest BCUT2D eigenvalue weighted by molar-refractivity contribution is -0.385. The van der Waals surface area contributed by atoms with Gasteiger partial charge in [0.25, 0.3) is 5.69 Å². The molecule has 0 radical (unpaired) electrons. The zero-order valence-electron chi connectivity index (χ0n) is 16.2. The molecule has 0 aliphatic rings. The zero-order chi connectivity index (χ0) is 20.8. The fraction of sp³-hybridized carbons (Fsp3) is 0.182. The molecule has 0 fully saturated rings. The van der Waals surface area contributed by atoms with Crippen molar-refractivity contribution < 1.29 is 4.92 Å². The predicted octanol–water partition coefficient (Wildman–Crippen LogP) is 5.37. The van der Waals surface area contributed by atoms with Crippen LogP contribution in [0.2, 0.25) is 0 Å². The number of thioether (sulfide) groups is 1. The minimum atomic E-state index is -0.335. The van der Waals surface area contributed by atoms with Gasteiger partial charge in [0.1, 0.15) is 5.82 Å². The number of rotatable bonds is 9. The van der Waals surface area contributed by atoms with Gasteiger partial charge in [0.05, 0.1) is 4.92 Å². The summed E-state index contributed by atoms with van der Waals surface area (Å²) < 4.78 is 2.14. The van der Waals surface area contributed by atoms with Crippen LogP contribution in [-0.4, -0.2) is 19.7 Å². The molecule has 2 heterocycles. The van der Waals surface area contributed by atoms with Crippen LogP contribution < -0.4 is 0 Å². The van der Waals surface area contributed by atoms with Crippen LogP contribution in [0.15, 0.2) is 77.3 Å². The zero-order valence-corrected chi connectivity index (χ0v) is 17.8. The summed E-state index contributed by atoms with van der Waals surface area (Å²) in [6, 6.07) is 21.3. The standard InChI is InChI=1S/C22H20N4O2S2/c27-26(28)20-11-5-4-9-18(20)16-30-22-24-23-21(15-19-10-6-14-29-19)25(22)13-12-17-7-2-1-3-8-17/h1-11,14H,12-13,15-16H2. The molecule has 0 spiro atoms. The Morgan fingerprint density at radius 3 is 2.57 bits per heavy atom. The van der Waals surface area contributed by atoms with Gasteiger partial charge in [-0.3, -0.25) is 10.1 Å². The molecule has 8 heteroatoms. The van der Waals surface area contributed by atoms with Crippen LogP contribution in [0.3, 0.4) is 0 Å². The van der Waals surface area contributed by atoms with E-state index in [4.69, 9.17) is 0 Å². The molecule has 0 N–H and O–H groups in total. The molecule has 0 bridgehead atoms. The number of hydrogen-bond donors (Lipinski definition) is 0. The second-order valence-electron chi connectivity index (χ2n) is 6.72. The fourth-order valence-electron chi connectivity index (χ4n) is 3.19. The smallest absolute Gasteiger partial charge is 0.273 e. The molecule has 0 unspecified atom stereocenters. The molecule has 2 aromatic heterocycles. The molecular weight excluding hydrogens is 416 g/mol. The highest BCUT2D eigenvalue weighted by molar-refractivity contribution is 7.98. The summed E-state index contributed by atoms with van der Waals surface area (Å²) in [5.41, 5.74) is 2.08. The highest BCUT2D eigenvalue weighted by Gasteiger charge is 2.17. The van der Waals surface area contributed by atoms with Crippen molar-refractivity contribution in [1.29, 1.82) is 0 Å². The molecule has 4 aromatic rings. The Hall–Kier alpha value is -2.97. The van der Waals surface area contributed by atoms with Crippen LogP contribution in [0.4, 0.5) is 5.69 Å². The van der Waals surface area contributed by atoms with Crippen molar-refractivity contribution in [3.05, 3.63) is 104 Å². The quantitative estimate of drug-likeness (QED) is 0.200. The van der Waals surface area contributed by atoms with Gasteiger partial charge in [0, 0.05) is 35.2 Å². The van der Waals surface area contributed by atoms with E-state index in [9.17, 15) is 10.1 Å². The summed E-state index contributed by atoms with van der Waals surface area (Å²) in [5.74, 6) is 1.39. The topological polar surface area (TPSA) is 73.8 Å². The number of nitrogens with zero attached hydrogens (tertiary/aromatic N) is 4. The Kier molecular flexibility index (Phi) is 6.56. The molecule has 0 aliphatic heterocycles. The first kappa shape index (κ1) is 20.3. The van der Waals surface area contributed by atoms with E-state index in [-0.39, 0.29) is 10.6 Å². The monoisotopic (exact) mass is 436 g/mol. The molecule has 6 nitrogen and oxygen atoms in total. The third-order valence-corrected chi connectivity index (χ3v) is 6.61. The van der Waals surface area contributed by atoms with E-state index in [2.05, 4.69) is 38.3 Å². The SMILES string of the molecule is O=[N+]([O-])c1ccccc1CSc1nnc(Cc2cccs2)n1CCc1ccccc1. The normalized spacial score (nSPS) is 10.9. The second kappa shape index (κ2) is 9.69. The second-order valence-corrected chi connectivity index (χ2v) is 8.69. The molecule has 30 heavy (non-hydrogen) atoms. The van der Waals surface area contributed by atoms with E-state index < -0.39 is 0 Å². The van der Waals surface area contributed by atoms with Crippen LogP contribution in [-0.2, 0) is 25.1 Å². The highest BCUT2D eigenvalue weighted by Crippen LogP contribution is 2.28. The van der Waals surface area contributed by atoms with E-state index in [1.54, 1.807) is 23.5 Å². The van der Waals surface area contributed by atoms with Crippen molar-refractivity contribution in [2.45, 2.75) is 30.3 Å². The van der Waals surface area contributed by atoms with Gasteiger partial charge in [0.15, 0.2) is 5.16 Å². The number of nitro groups is 1. The average molecular weight is 437 g/mol. The lowest BCUT2D eigenvalue weighted by atomic mass is 10.1. The first-order valence-electron chi connectivity index (χ1n) is 9.54. The number of nitro benzene ring substituents is 1. The predicted molar refractivity (Wildman–Crippen MR) is 120 cm³/mol. The molecule has 0 aliphatic carbocycles. The number of para-hydroxylation sites is 1. The Bertz CT molecular complexity index is 1110. The maximum atomic E-state index is 11.3. The van der Waals surface area contributed by atoms with Crippen LogP contribution in [0.25, 0.3) is 0 Å². The van der Waals surface area contributed by atoms with Crippen molar-refractivity contribution in [3.63, 3.8) is 0 Å². The molecule has 2 aromatic carbocycles. The van der Waals surface area contributed by atoms with Crippen molar-refractivity contribution in [1.82, 2.24) is 14.8 Å². The van der Waals surface area contributed by atoms with Gasteiger partial charge in [-0.1, -0.05) is 66.4 Å². The minimum Gasteiger partial charge on any atom is -0.305 e. The van der Waals surface area contributed by atoms with E-state index in [1.807, 2.05) is 30.3 Å². The average Bonchev–Trinajstić information content (AvgIpc) is 3.42. The van der Waals surface area contributed by atoms with E-state index >= 15 is 0 Å². The summed E-state index contributed by atoms with van der Waals surface area (Å²) in [6.07, 6.45) is 1.60. The maximum Gasteiger partial charge on any atom is 0.273 e. The summed E-state index contributed by atoms with van der Waals surface area (Å²) >= 11 is 3.19. The van der Waals surface area contributed by atoms with E-state index in [0.717, 1.165) is 30.4 Å². The minimum absolute atomic E-state index is 0.138. The molecule has 0 atom stereocenters. The van der Waals surface area contributed by atoms with Crippen LogP contribution in [0.1, 0.15) is 21.8 Å². The van der Waals surface area contributed by atoms with Gasteiger partial charge in [0.2, 0.25) is 0 Å². The van der Waals surface area contributed by atoms with Gasteiger partial charge in [-0.15, -0.1) is 21.5 Å². The Balaban J connectivity index is 1.55. The molecule has 0 saturated carbocycles. The summed E-state index contributed by atoms with van der Waals surface area (Å²) in [5, 5.41) is 23.0. The van der Waals surface area contributed by atoms with E-state index in [0.29, 0.717) is 11.3 Å². The van der Waals surface area contributed by atoms with Gasteiger partial charge in [-0.05, 0) is 23.4 Å². The van der Waals surface area contributed by atoms with E-state index in [1.165, 1.54) is 28.3 Å². The number of aryl methyl sites for hydroxylation is 1. The largest absolute Gasteiger partial charge is 0.305 e. The van der Waals surface area contributed by atoms with Crippen LogP contribution in [0, 0.1) is 10.1 Å². The first-order chi connectivity index (χ1) is 14.7. The molecule has 0 saturated heterocycles. The number of aromatic nitrogens is 3. The third-order valence-electron chi connectivity index (χ3n) is 4.72. The van der Waals surface area contributed by atoms with Crippen LogP contribution in [0.5, 0.6) is 0 Å². The summed E-state index contributed by atoms with van der Waals surface area (Å²) in [7, 11) is 0. The number of hydrogen-bond acceptors (Lipinski definition) is 6. The van der Waals surface area contributed by atoms with Gasteiger partial charge < -0.3 is 4.57 Å². The van der Waals surface area contributed by atoms with Crippen molar-refractivity contribution in [2.75, 3.05) is 0 Å². The van der Waals surface area contributed by atoms with Crippen molar-refractivity contribution in [3.8, 4) is 0 Å². The molecule has 152 valence electrons. The molecule has 4 rings (SSSR count). The lowest BCUT2D eigenvalue weighted by Gasteiger charge is -2.10. The summed E-state index contributed by atoms with van der Waals surface area (Å²) in [4.78, 5) is 12.2. The lowest BCUT2D eigenvalue weighted by Crippen LogP contribution is -2.08. The van der Waals surface area contributed by atoms with Gasteiger partial charge in [-0.25, -0.2) is 0 Å². The maximum absolute atomic E-state index is 11.3. The fourth-order valence-corrected chi connectivity index (χ4v) is 4.87. The van der Waals surface area contributed by atoms with Crippen molar-refractivity contribution in [2.24, 2.45) is 0 Å². The van der Waals surface area contributed by atoms with Gasteiger partial charge >= 0.3 is 0 Å². The first-order valence-corrected chi connectivity index (χ1v) is 11.4. The molecule has 0 amide bonds. The Morgan fingerprint density at radius 1 is 1.00 bits per heavy atom. The van der Waals surface area contributed by atoms with Crippen molar-refractivity contribution >= 4 is 28.8 Å². The highest BCUT2D eigenvalue weighted by atomic mass is 32.2. The van der Waals surface area contributed by atoms with Crippen LogP contribution >= 0.6 is 23.1 Å².